The Kier molecular flexibility index (Phi) is 1.70. The lowest BCUT2D eigenvalue weighted by Gasteiger charge is -2.17. The van der Waals surface area contributed by atoms with Crippen LogP contribution in [-0.4, -0.2) is 11.5 Å². The third-order valence-corrected chi connectivity index (χ3v) is 1.94. The summed E-state index contributed by atoms with van der Waals surface area (Å²) in [6.45, 7) is 0.947. The molecule has 0 aliphatic carbocycles. The molecule has 1 aromatic heterocycles. The van der Waals surface area contributed by atoms with E-state index in [1.165, 1.54) is 0 Å². The molecule has 3 heteroatoms. The smallest absolute Gasteiger partial charge is 0.133 e. The number of hydrogen-bond donors (Lipinski definition) is 1. The lowest BCUT2D eigenvalue weighted by atomic mass is 10.4. The minimum Gasteiger partial charge on any atom is -0.385 e. The highest BCUT2D eigenvalue weighted by Crippen LogP contribution is 2.17. The van der Waals surface area contributed by atoms with Gasteiger partial charge in [-0.25, -0.2) is 4.98 Å². The molecule has 0 spiro atoms. The maximum Gasteiger partial charge on any atom is 0.133 e. The van der Waals surface area contributed by atoms with Crippen LogP contribution in [0.25, 0.3) is 0 Å². The quantitative estimate of drug-likeness (QED) is 0.670. The SMILES string of the molecule is NC1=CCCN1c1ccccn1. The maximum absolute atomic E-state index is 5.76. The normalized spacial score (nSPS) is 16.3. The number of anilines is 1. The highest BCUT2D eigenvalue weighted by Gasteiger charge is 2.13. The van der Waals surface area contributed by atoms with Crippen LogP contribution >= 0.6 is 0 Å². The van der Waals surface area contributed by atoms with Crippen LogP contribution in [0.1, 0.15) is 6.42 Å². The van der Waals surface area contributed by atoms with Crippen molar-refractivity contribution in [3.63, 3.8) is 0 Å². The molecule has 2 N–H and O–H groups in total. The highest BCUT2D eigenvalue weighted by atomic mass is 15.2. The van der Waals surface area contributed by atoms with E-state index < -0.39 is 0 Å². The first kappa shape index (κ1) is 7.16. The van der Waals surface area contributed by atoms with Crippen molar-refractivity contribution in [3.05, 3.63) is 36.3 Å². The van der Waals surface area contributed by atoms with Crippen LogP contribution in [0.2, 0.25) is 0 Å². The van der Waals surface area contributed by atoms with Crippen LogP contribution < -0.4 is 10.6 Å². The Bertz CT molecular complexity index is 292. The van der Waals surface area contributed by atoms with Gasteiger partial charge in [0, 0.05) is 12.7 Å². The molecule has 1 aromatic rings. The molecule has 0 bridgehead atoms. The molecule has 2 rings (SSSR count). The average Bonchev–Trinajstić information content (AvgIpc) is 2.53. The molecule has 0 radical (unpaired) electrons. The minimum absolute atomic E-state index is 0.814. The number of aromatic nitrogens is 1. The summed E-state index contributed by atoms with van der Waals surface area (Å²) in [6, 6.07) is 5.83. The Morgan fingerprint density at radius 1 is 1.42 bits per heavy atom. The molecule has 1 aliphatic rings. The largest absolute Gasteiger partial charge is 0.385 e. The fourth-order valence-electron chi connectivity index (χ4n) is 1.34. The van der Waals surface area contributed by atoms with Gasteiger partial charge in [0.15, 0.2) is 0 Å². The molecule has 0 unspecified atom stereocenters. The molecule has 1 aliphatic heterocycles. The lowest BCUT2D eigenvalue weighted by Crippen LogP contribution is -2.24. The van der Waals surface area contributed by atoms with Gasteiger partial charge < -0.3 is 10.6 Å². The number of hydrogen-bond acceptors (Lipinski definition) is 3. The topological polar surface area (TPSA) is 42.1 Å². The number of rotatable bonds is 1. The zero-order chi connectivity index (χ0) is 8.39. The number of nitrogens with two attached hydrogens (primary N) is 1. The Morgan fingerprint density at radius 3 is 2.92 bits per heavy atom. The predicted molar refractivity (Wildman–Crippen MR) is 48.5 cm³/mol. The van der Waals surface area contributed by atoms with E-state index in [-0.39, 0.29) is 0 Å². The fraction of sp³-hybridized carbons (Fsp3) is 0.222. The molecule has 62 valence electrons. The Hall–Kier alpha value is -1.51. The zero-order valence-electron chi connectivity index (χ0n) is 6.77. The molecular weight excluding hydrogens is 150 g/mol. The van der Waals surface area contributed by atoms with Gasteiger partial charge in [-0.2, -0.15) is 0 Å². The van der Waals surface area contributed by atoms with E-state index in [9.17, 15) is 0 Å². The Balaban J connectivity index is 2.27. The van der Waals surface area contributed by atoms with Gasteiger partial charge in [-0.3, -0.25) is 0 Å². The van der Waals surface area contributed by atoms with Crippen molar-refractivity contribution < 1.29 is 0 Å². The monoisotopic (exact) mass is 161 g/mol. The summed E-state index contributed by atoms with van der Waals surface area (Å²) in [5.74, 6) is 1.75. The van der Waals surface area contributed by atoms with Gasteiger partial charge in [-0.1, -0.05) is 6.07 Å². The van der Waals surface area contributed by atoms with E-state index in [2.05, 4.69) is 4.98 Å². The molecule has 0 fully saturated rings. The lowest BCUT2D eigenvalue weighted by molar-refractivity contribution is 0.933. The van der Waals surface area contributed by atoms with Gasteiger partial charge in [0.25, 0.3) is 0 Å². The summed E-state index contributed by atoms with van der Waals surface area (Å²) in [5.41, 5.74) is 5.76. The fourth-order valence-corrected chi connectivity index (χ4v) is 1.34. The van der Waals surface area contributed by atoms with Gasteiger partial charge in [0.1, 0.15) is 11.6 Å². The molecule has 0 amide bonds. The van der Waals surface area contributed by atoms with E-state index in [0.717, 1.165) is 24.6 Å². The second kappa shape index (κ2) is 2.85. The van der Waals surface area contributed by atoms with Crippen LogP contribution in [0.4, 0.5) is 5.82 Å². The van der Waals surface area contributed by atoms with Crippen molar-refractivity contribution in [3.8, 4) is 0 Å². The van der Waals surface area contributed by atoms with E-state index in [1.54, 1.807) is 6.20 Å². The predicted octanol–water partition coefficient (Wildman–Crippen LogP) is 1.09. The standard InChI is InChI=1S/C9H11N3/c10-8-4-3-7-12(8)9-5-1-2-6-11-9/h1-2,4-6H,3,7,10H2. The van der Waals surface area contributed by atoms with Crippen molar-refractivity contribution in [2.75, 3.05) is 11.4 Å². The molecule has 0 saturated carbocycles. The minimum atomic E-state index is 0.814. The molecule has 12 heavy (non-hydrogen) atoms. The summed E-state index contributed by atoms with van der Waals surface area (Å²) in [6.07, 6.45) is 4.82. The van der Waals surface area contributed by atoms with Gasteiger partial charge >= 0.3 is 0 Å². The van der Waals surface area contributed by atoms with Crippen LogP contribution in [0.3, 0.4) is 0 Å². The van der Waals surface area contributed by atoms with Gasteiger partial charge in [0.05, 0.1) is 0 Å². The molecule has 0 aromatic carbocycles. The number of pyridine rings is 1. The Labute approximate surface area is 71.5 Å². The van der Waals surface area contributed by atoms with E-state index in [1.807, 2.05) is 29.2 Å². The third-order valence-electron chi connectivity index (χ3n) is 1.94. The summed E-state index contributed by atoms with van der Waals surface area (Å²) in [5, 5.41) is 0. The van der Waals surface area contributed by atoms with Crippen molar-refractivity contribution in [2.45, 2.75) is 6.42 Å². The number of nitrogens with zero attached hydrogens (tertiary/aromatic N) is 2. The van der Waals surface area contributed by atoms with E-state index in [0.29, 0.717) is 0 Å². The van der Waals surface area contributed by atoms with Crippen LogP contribution in [-0.2, 0) is 0 Å². The van der Waals surface area contributed by atoms with Crippen molar-refractivity contribution >= 4 is 5.82 Å². The first-order chi connectivity index (χ1) is 5.88. The summed E-state index contributed by atoms with van der Waals surface area (Å²) >= 11 is 0. The summed E-state index contributed by atoms with van der Waals surface area (Å²) in [4.78, 5) is 6.23. The van der Waals surface area contributed by atoms with Crippen LogP contribution in [0.5, 0.6) is 0 Å². The Morgan fingerprint density at radius 2 is 2.33 bits per heavy atom. The van der Waals surface area contributed by atoms with Crippen LogP contribution in [0.15, 0.2) is 36.3 Å². The van der Waals surface area contributed by atoms with Crippen LogP contribution in [0, 0.1) is 0 Å². The first-order valence-corrected chi connectivity index (χ1v) is 4.02. The second-order valence-corrected chi connectivity index (χ2v) is 2.76. The third kappa shape index (κ3) is 1.13. The van der Waals surface area contributed by atoms with Crippen molar-refractivity contribution in [2.24, 2.45) is 5.73 Å². The maximum atomic E-state index is 5.76. The van der Waals surface area contributed by atoms with Crippen molar-refractivity contribution in [1.29, 1.82) is 0 Å². The molecule has 0 atom stereocenters. The van der Waals surface area contributed by atoms with Gasteiger partial charge in [0.2, 0.25) is 0 Å². The van der Waals surface area contributed by atoms with E-state index in [4.69, 9.17) is 5.73 Å². The molecule has 0 saturated heterocycles. The molecular formula is C9H11N3. The van der Waals surface area contributed by atoms with E-state index >= 15 is 0 Å². The summed E-state index contributed by atoms with van der Waals surface area (Å²) < 4.78 is 0. The summed E-state index contributed by atoms with van der Waals surface area (Å²) in [7, 11) is 0. The van der Waals surface area contributed by atoms with Gasteiger partial charge in [-0.05, 0) is 24.6 Å². The second-order valence-electron chi connectivity index (χ2n) is 2.76. The zero-order valence-corrected chi connectivity index (χ0v) is 6.77. The molecule has 3 nitrogen and oxygen atoms in total. The van der Waals surface area contributed by atoms with Crippen molar-refractivity contribution in [1.82, 2.24) is 4.98 Å². The van der Waals surface area contributed by atoms with Gasteiger partial charge in [-0.15, -0.1) is 0 Å². The average molecular weight is 161 g/mol. The highest BCUT2D eigenvalue weighted by molar-refractivity contribution is 5.46. The first-order valence-electron chi connectivity index (χ1n) is 4.02. The molecule has 2 heterocycles.